The van der Waals surface area contributed by atoms with Gasteiger partial charge in [-0.1, -0.05) is 18.5 Å². The van der Waals surface area contributed by atoms with Crippen LogP contribution in [-0.2, 0) is 0 Å². The summed E-state index contributed by atoms with van der Waals surface area (Å²) in [5.41, 5.74) is 0.276. The molecule has 0 saturated carbocycles. The maximum Gasteiger partial charge on any atom is 0.285 e. The van der Waals surface area contributed by atoms with Crippen LogP contribution in [-0.4, -0.2) is 40.8 Å². The Balaban J connectivity index is 2.05. The van der Waals surface area contributed by atoms with Gasteiger partial charge in [-0.25, -0.2) is 5.10 Å². The van der Waals surface area contributed by atoms with Gasteiger partial charge in [0.25, 0.3) is 5.56 Å². The Kier molecular flexibility index (Phi) is 4.02. The van der Waals surface area contributed by atoms with Gasteiger partial charge in [-0.05, 0) is 25.9 Å². The topological polar surface area (TPSA) is 61.0 Å². The highest BCUT2D eigenvalue weighted by atomic mass is 35.5. The van der Waals surface area contributed by atoms with Gasteiger partial charge in [0, 0.05) is 12.6 Å². The maximum absolute atomic E-state index is 11.3. The smallest absolute Gasteiger partial charge is 0.285 e. The van der Waals surface area contributed by atoms with E-state index in [9.17, 15) is 4.79 Å². The molecule has 5 nitrogen and oxygen atoms in total. The fourth-order valence-corrected chi connectivity index (χ4v) is 2.31. The average molecular weight is 257 g/mol. The molecule has 1 aromatic heterocycles. The van der Waals surface area contributed by atoms with E-state index in [-0.39, 0.29) is 10.6 Å². The van der Waals surface area contributed by atoms with Crippen molar-refractivity contribution >= 4 is 17.3 Å². The van der Waals surface area contributed by atoms with Crippen molar-refractivity contribution in [2.24, 2.45) is 0 Å². The number of likely N-dealkylation sites (N-methyl/N-ethyl adjacent to an activating group) is 1. The monoisotopic (exact) mass is 256 g/mol. The molecule has 2 N–H and O–H groups in total. The zero-order valence-electron chi connectivity index (χ0n) is 9.87. The molecule has 0 radical (unpaired) electrons. The van der Waals surface area contributed by atoms with Crippen molar-refractivity contribution in [1.29, 1.82) is 0 Å². The predicted molar refractivity (Wildman–Crippen MR) is 68.6 cm³/mol. The molecule has 2 heterocycles. The molecule has 6 heteroatoms. The minimum Gasteiger partial charge on any atom is -0.378 e. The minimum absolute atomic E-state index is 0.189. The highest BCUT2D eigenvalue weighted by Crippen LogP contribution is 2.19. The molecule has 17 heavy (non-hydrogen) atoms. The second kappa shape index (κ2) is 5.51. The first-order valence-electron chi connectivity index (χ1n) is 5.92. The molecule has 0 amide bonds. The number of halogens is 1. The molecule has 0 bridgehead atoms. The lowest BCUT2D eigenvalue weighted by atomic mass is 10.1. The van der Waals surface area contributed by atoms with E-state index in [1.54, 1.807) is 6.20 Å². The maximum atomic E-state index is 11.3. The predicted octanol–water partition coefficient (Wildman–Crippen LogP) is 1.32. The third-order valence-corrected chi connectivity index (χ3v) is 3.48. The number of piperidine rings is 1. The summed E-state index contributed by atoms with van der Waals surface area (Å²) in [6.45, 7) is 5.35. The van der Waals surface area contributed by atoms with Gasteiger partial charge in [0.1, 0.15) is 5.02 Å². The van der Waals surface area contributed by atoms with Crippen molar-refractivity contribution in [3.8, 4) is 0 Å². The zero-order chi connectivity index (χ0) is 12.3. The molecule has 1 saturated heterocycles. The molecule has 2 rings (SSSR count). The van der Waals surface area contributed by atoms with E-state index in [1.165, 1.54) is 6.42 Å². The Hall–Kier alpha value is -1.07. The molecule has 94 valence electrons. The number of nitrogens with zero attached hydrogens (tertiary/aromatic N) is 2. The normalized spacial score (nSPS) is 21.4. The molecular formula is C11H17ClN4O. The summed E-state index contributed by atoms with van der Waals surface area (Å²) in [5, 5.41) is 9.55. The average Bonchev–Trinajstić information content (AvgIpc) is 2.35. The van der Waals surface area contributed by atoms with Crippen molar-refractivity contribution in [1.82, 2.24) is 15.1 Å². The van der Waals surface area contributed by atoms with Crippen LogP contribution in [0.1, 0.15) is 19.8 Å². The van der Waals surface area contributed by atoms with Crippen LogP contribution in [0.4, 0.5) is 5.69 Å². The lowest BCUT2D eigenvalue weighted by Crippen LogP contribution is -2.42. The number of hydrogen-bond donors (Lipinski definition) is 2. The van der Waals surface area contributed by atoms with Crippen LogP contribution < -0.4 is 10.9 Å². The summed E-state index contributed by atoms with van der Waals surface area (Å²) >= 11 is 5.92. The van der Waals surface area contributed by atoms with Crippen molar-refractivity contribution in [2.75, 3.05) is 25.0 Å². The third kappa shape index (κ3) is 2.98. The number of hydrogen-bond acceptors (Lipinski definition) is 4. The summed E-state index contributed by atoms with van der Waals surface area (Å²) in [6, 6.07) is 0.338. The van der Waals surface area contributed by atoms with E-state index < -0.39 is 0 Å². The Morgan fingerprint density at radius 3 is 3.29 bits per heavy atom. The second-order valence-corrected chi connectivity index (χ2v) is 4.68. The number of likely N-dealkylation sites (tertiary alicyclic amines) is 1. The van der Waals surface area contributed by atoms with E-state index in [0.29, 0.717) is 11.7 Å². The summed E-state index contributed by atoms with van der Waals surface area (Å²) in [7, 11) is 0. The number of rotatable bonds is 3. The van der Waals surface area contributed by atoms with Gasteiger partial charge in [0.15, 0.2) is 0 Å². The van der Waals surface area contributed by atoms with Gasteiger partial charge >= 0.3 is 0 Å². The summed E-state index contributed by atoms with van der Waals surface area (Å²) in [4.78, 5) is 13.7. The third-order valence-electron chi connectivity index (χ3n) is 3.11. The molecule has 1 aromatic rings. The molecule has 1 unspecified atom stereocenters. The van der Waals surface area contributed by atoms with Crippen molar-refractivity contribution in [3.05, 3.63) is 21.6 Å². The van der Waals surface area contributed by atoms with Crippen molar-refractivity contribution < 1.29 is 0 Å². The summed E-state index contributed by atoms with van der Waals surface area (Å²) in [5.74, 6) is 0. The highest BCUT2D eigenvalue weighted by molar-refractivity contribution is 6.32. The number of aromatic amines is 1. The molecule has 1 fully saturated rings. The Morgan fingerprint density at radius 1 is 1.71 bits per heavy atom. The van der Waals surface area contributed by atoms with Crippen LogP contribution in [0.15, 0.2) is 11.0 Å². The van der Waals surface area contributed by atoms with Gasteiger partial charge in [0.2, 0.25) is 0 Å². The Bertz CT molecular complexity index is 434. The van der Waals surface area contributed by atoms with Gasteiger partial charge < -0.3 is 10.2 Å². The van der Waals surface area contributed by atoms with Gasteiger partial charge in [0.05, 0.1) is 11.9 Å². The van der Waals surface area contributed by atoms with Gasteiger partial charge in [-0.15, -0.1) is 0 Å². The quantitative estimate of drug-likeness (QED) is 0.856. The molecule has 1 atom stereocenters. The van der Waals surface area contributed by atoms with Crippen LogP contribution in [0.5, 0.6) is 0 Å². The lowest BCUT2D eigenvalue weighted by Gasteiger charge is -2.32. The van der Waals surface area contributed by atoms with E-state index in [0.717, 1.165) is 26.1 Å². The number of aromatic nitrogens is 2. The van der Waals surface area contributed by atoms with Crippen LogP contribution in [0.2, 0.25) is 5.02 Å². The minimum atomic E-state index is -0.347. The second-order valence-electron chi connectivity index (χ2n) is 4.30. The number of nitrogens with one attached hydrogen (secondary N) is 2. The SMILES string of the molecule is CCN1CCCC(Nc2cn[nH]c(=O)c2Cl)C1. The lowest BCUT2D eigenvalue weighted by molar-refractivity contribution is 0.227. The van der Waals surface area contributed by atoms with E-state index in [2.05, 4.69) is 27.3 Å². The molecule has 0 aromatic carbocycles. The van der Waals surface area contributed by atoms with E-state index in [1.807, 2.05) is 0 Å². The first-order chi connectivity index (χ1) is 8.20. The molecule has 1 aliphatic heterocycles. The highest BCUT2D eigenvalue weighted by Gasteiger charge is 2.19. The summed E-state index contributed by atoms with van der Waals surface area (Å²) < 4.78 is 0. The van der Waals surface area contributed by atoms with Crippen molar-refractivity contribution in [2.45, 2.75) is 25.8 Å². The first kappa shape index (κ1) is 12.4. The number of H-pyrrole nitrogens is 1. The van der Waals surface area contributed by atoms with Gasteiger partial charge in [-0.3, -0.25) is 4.79 Å². The van der Waals surface area contributed by atoms with Gasteiger partial charge in [-0.2, -0.15) is 5.10 Å². The van der Waals surface area contributed by atoms with Crippen LogP contribution in [0.3, 0.4) is 0 Å². The zero-order valence-corrected chi connectivity index (χ0v) is 10.6. The number of anilines is 1. The van der Waals surface area contributed by atoms with Crippen LogP contribution >= 0.6 is 11.6 Å². The molecule has 0 aliphatic carbocycles. The van der Waals surface area contributed by atoms with E-state index >= 15 is 0 Å². The van der Waals surface area contributed by atoms with E-state index in [4.69, 9.17) is 11.6 Å². The Morgan fingerprint density at radius 2 is 2.53 bits per heavy atom. The summed E-state index contributed by atoms with van der Waals surface area (Å²) in [6.07, 6.45) is 3.83. The fourth-order valence-electron chi connectivity index (χ4n) is 2.16. The Labute approximate surface area is 105 Å². The fraction of sp³-hybridized carbons (Fsp3) is 0.636. The first-order valence-corrected chi connectivity index (χ1v) is 6.30. The molecular weight excluding hydrogens is 240 g/mol. The standard InChI is InChI=1S/C11H17ClN4O/c1-2-16-5-3-4-8(7-16)14-9-6-13-15-11(17)10(9)12/h6,8H,2-5,7H2,1H3,(H2,14,15,17). The van der Waals surface area contributed by atoms with Crippen LogP contribution in [0, 0.1) is 0 Å². The van der Waals surface area contributed by atoms with Crippen molar-refractivity contribution in [3.63, 3.8) is 0 Å². The largest absolute Gasteiger partial charge is 0.378 e. The van der Waals surface area contributed by atoms with Crippen LogP contribution in [0.25, 0.3) is 0 Å². The molecule has 0 spiro atoms. The molecule has 1 aliphatic rings.